The second-order valence-corrected chi connectivity index (χ2v) is 5.98. The maximum atomic E-state index is 12.1. The maximum Gasteiger partial charge on any atom is 0.308 e. The minimum absolute atomic E-state index is 0.111. The molecule has 0 saturated heterocycles. The normalized spacial score (nSPS) is 11.8. The van der Waals surface area contributed by atoms with E-state index < -0.39 is 11.9 Å². The van der Waals surface area contributed by atoms with Gasteiger partial charge in [-0.25, -0.2) is 0 Å². The molecule has 2 amide bonds. The second kappa shape index (κ2) is 8.92. The van der Waals surface area contributed by atoms with Crippen LogP contribution in [0.5, 0.6) is 0 Å². The summed E-state index contributed by atoms with van der Waals surface area (Å²) < 4.78 is 0. The molecule has 23 heavy (non-hydrogen) atoms. The van der Waals surface area contributed by atoms with Gasteiger partial charge >= 0.3 is 5.97 Å². The van der Waals surface area contributed by atoms with Crippen molar-refractivity contribution in [1.82, 2.24) is 10.6 Å². The number of carboxylic acid groups (broad SMARTS) is 1. The van der Waals surface area contributed by atoms with Gasteiger partial charge in [0, 0.05) is 25.6 Å². The first-order chi connectivity index (χ1) is 10.8. The Hall–Kier alpha value is -2.37. The lowest BCUT2D eigenvalue weighted by molar-refractivity contribution is -0.142. The van der Waals surface area contributed by atoms with Crippen molar-refractivity contribution in [2.24, 2.45) is 11.8 Å². The fourth-order valence-electron chi connectivity index (χ4n) is 2.16. The molecule has 0 saturated carbocycles. The van der Waals surface area contributed by atoms with E-state index in [1.54, 1.807) is 24.3 Å². The molecular formula is C17H24N2O4. The molecule has 1 aromatic carbocycles. The molecule has 0 bridgehead atoms. The number of carbonyl (C=O) groups is 3. The van der Waals surface area contributed by atoms with E-state index in [2.05, 4.69) is 10.6 Å². The zero-order chi connectivity index (χ0) is 17.4. The molecule has 1 aromatic rings. The number of hydrogen-bond acceptors (Lipinski definition) is 3. The highest BCUT2D eigenvalue weighted by molar-refractivity contribution is 5.94. The van der Waals surface area contributed by atoms with Crippen LogP contribution < -0.4 is 10.6 Å². The Morgan fingerprint density at radius 1 is 1.09 bits per heavy atom. The zero-order valence-electron chi connectivity index (χ0n) is 13.8. The molecular weight excluding hydrogens is 296 g/mol. The Kier molecular flexibility index (Phi) is 7.25. The van der Waals surface area contributed by atoms with Crippen LogP contribution in [0.25, 0.3) is 0 Å². The number of aliphatic carboxylic acids is 1. The zero-order valence-corrected chi connectivity index (χ0v) is 13.8. The third kappa shape index (κ3) is 6.95. The van der Waals surface area contributed by atoms with Crippen molar-refractivity contribution < 1.29 is 19.5 Å². The summed E-state index contributed by atoms with van der Waals surface area (Å²) in [5, 5.41) is 14.5. The van der Waals surface area contributed by atoms with Crippen LogP contribution in [-0.4, -0.2) is 29.4 Å². The number of rotatable bonds is 8. The van der Waals surface area contributed by atoms with Gasteiger partial charge in [0.05, 0.1) is 5.92 Å². The average Bonchev–Trinajstić information content (AvgIpc) is 2.49. The van der Waals surface area contributed by atoms with Gasteiger partial charge in [-0.2, -0.15) is 0 Å². The van der Waals surface area contributed by atoms with Gasteiger partial charge in [0.2, 0.25) is 5.91 Å². The molecule has 0 aromatic heterocycles. The van der Waals surface area contributed by atoms with Crippen molar-refractivity contribution in [1.29, 1.82) is 0 Å². The maximum absolute atomic E-state index is 12.1. The van der Waals surface area contributed by atoms with Crippen molar-refractivity contribution in [3.8, 4) is 0 Å². The molecule has 3 N–H and O–H groups in total. The molecule has 1 atom stereocenters. The van der Waals surface area contributed by atoms with E-state index in [1.165, 1.54) is 6.92 Å². The second-order valence-electron chi connectivity index (χ2n) is 5.98. The highest BCUT2D eigenvalue weighted by atomic mass is 16.4. The molecule has 126 valence electrons. The van der Waals surface area contributed by atoms with Crippen LogP contribution in [0.3, 0.4) is 0 Å². The highest BCUT2D eigenvalue weighted by Gasteiger charge is 2.19. The lowest BCUT2D eigenvalue weighted by Crippen LogP contribution is -2.33. The Balaban J connectivity index is 2.56. The molecule has 0 heterocycles. The summed E-state index contributed by atoms with van der Waals surface area (Å²) in [7, 11) is 0. The molecule has 6 heteroatoms. The van der Waals surface area contributed by atoms with Gasteiger partial charge < -0.3 is 15.7 Å². The third-order valence-corrected chi connectivity index (χ3v) is 3.37. The Bertz CT molecular complexity index is 552. The van der Waals surface area contributed by atoms with E-state index in [1.807, 2.05) is 13.8 Å². The van der Waals surface area contributed by atoms with Gasteiger partial charge in [0.25, 0.3) is 5.91 Å². The molecule has 0 aliphatic carbocycles. The smallest absolute Gasteiger partial charge is 0.308 e. The van der Waals surface area contributed by atoms with Crippen molar-refractivity contribution >= 4 is 17.8 Å². The van der Waals surface area contributed by atoms with Crippen LogP contribution in [0.15, 0.2) is 24.3 Å². The van der Waals surface area contributed by atoms with E-state index in [0.29, 0.717) is 18.5 Å². The van der Waals surface area contributed by atoms with Gasteiger partial charge in [-0.3, -0.25) is 14.4 Å². The summed E-state index contributed by atoms with van der Waals surface area (Å²) >= 11 is 0. The minimum atomic E-state index is -0.898. The van der Waals surface area contributed by atoms with Crippen LogP contribution in [-0.2, 0) is 16.1 Å². The third-order valence-electron chi connectivity index (χ3n) is 3.37. The summed E-state index contributed by atoms with van der Waals surface area (Å²) in [4.78, 5) is 34.1. The van der Waals surface area contributed by atoms with Crippen LogP contribution in [0, 0.1) is 11.8 Å². The number of amides is 2. The standard InChI is InChI=1S/C17H24N2O4/c1-11(2)8-15(17(22)23)10-19-16(21)14-6-4-13(5-7-14)9-18-12(3)20/h4-7,11,15H,8-10H2,1-3H3,(H,18,20)(H,19,21)(H,22,23). The van der Waals surface area contributed by atoms with Crippen LogP contribution in [0.2, 0.25) is 0 Å². The van der Waals surface area contributed by atoms with Gasteiger partial charge in [-0.1, -0.05) is 26.0 Å². The molecule has 0 spiro atoms. The van der Waals surface area contributed by atoms with E-state index >= 15 is 0 Å². The van der Waals surface area contributed by atoms with Crippen molar-refractivity contribution in [3.63, 3.8) is 0 Å². The molecule has 0 fully saturated rings. The van der Waals surface area contributed by atoms with Crippen LogP contribution in [0.1, 0.15) is 43.1 Å². The SMILES string of the molecule is CC(=O)NCc1ccc(C(=O)NCC(CC(C)C)C(=O)O)cc1. The number of carbonyl (C=O) groups excluding carboxylic acids is 2. The molecule has 1 unspecified atom stereocenters. The first-order valence-electron chi connectivity index (χ1n) is 7.64. The molecule has 0 radical (unpaired) electrons. The first kappa shape index (κ1) is 18.7. The number of carboxylic acids is 1. The Labute approximate surface area is 136 Å². The Morgan fingerprint density at radius 2 is 1.70 bits per heavy atom. The van der Waals surface area contributed by atoms with Gasteiger partial charge in [0.15, 0.2) is 0 Å². The predicted octanol–water partition coefficient (Wildman–Crippen LogP) is 1.80. The summed E-state index contributed by atoms with van der Waals surface area (Å²) in [6, 6.07) is 6.83. The number of nitrogens with one attached hydrogen (secondary N) is 2. The van der Waals surface area contributed by atoms with E-state index in [4.69, 9.17) is 5.11 Å². The monoisotopic (exact) mass is 320 g/mol. The fraction of sp³-hybridized carbons (Fsp3) is 0.471. The van der Waals surface area contributed by atoms with Crippen molar-refractivity contribution in [3.05, 3.63) is 35.4 Å². The summed E-state index contributed by atoms with van der Waals surface area (Å²) in [5.41, 5.74) is 1.35. The lowest BCUT2D eigenvalue weighted by atomic mass is 9.97. The summed E-state index contributed by atoms with van der Waals surface area (Å²) in [6.07, 6.45) is 0.519. The first-order valence-corrected chi connectivity index (χ1v) is 7.64. The predicted molar refractivity (Wildman–Crippen MR) is 86.9 cm³/mol. The van der Waals surface area contributed by atoms with Gasteiger partial charge in [-0.05, 0) is 30.0 Å². The topological polar surface area (TPSA) is 95.5 Å². The fourth-order valence-corrected chi connectivity index (χ4v) is 2.16. The number of hydrogen-bond donors (Lipinski definition) is 3. The highest BCUT2D eigenvalue weighted by Crippen LogP contribution is 2.11. The van der Waals surface area contributed by atoms with Crippen molar-refractivity contribution in [2.45, 2.75) is 33.7 Å². The lowest BCUT2D eigenvalue weighted by Gasteiger charge is -2.15. The largest absolute Gasteiger partial charge is 0.481 e. The molecule has 1 rings (SSSR count). The van der Waals surface area contributed by atoms with E-state index in [-0.39, 0.29) is 24.3 Å². The van der Waals surface area contributed by atoms with Crippen LogP contribution >= 0.6 is 0 Å². The quantitative estimate of drug-likeness (QED) is 0.680. The van der Waals surface area contributed by atoms with Gasteiger partial charge in [-0.15, -0.1) is 0 Å². The molecule has 6 nitrogen and oxygen atoms in total. The van der Waals surface area contributed by atoms with Gasteiger partial charge in [0.1, 0.15) is 0 Å². The minimum Gasteiger partial charge on any atom is -0.481 e. The molecule has 0 aliphatic heterocycles. The van der Waals surface area contributed by atoms with Crippen LogP contribution in [0.4, 0.5) is 0 Å². The van der Waals surface area contributed by atoms with E-state index in [0.717, 1.165) is 5.56 Å². The summed E-state index contributed by atoms with van der Waals surface area (Å²) in [5.74, 6) is -1.65. The van der Waals surface area contributed by atoms with Crippen molar-refractivity contribution in [2.75, 3.05) is 6.54 Å². The number of benzene rings is 1. The Morgan fingerprint density at radius 3 is 2.17 bits per heavy atom. The summed E-state index contributed by atoms with van der Waals surface area (Å²) in [6.45, 7) is 5.86. The average molecular weight is 320 g/mol. The van der Waals surface area contributed by atoms with E-state index in [9.17, 15) is 14.4 Å². The molecule has 0 aliphatic rings.